The molecule has 3 rings (SSSR count). The average Bonchev–Trinajstić information content (AvgIpc) is 2.88. The fraction of sp³-hybridized carbons (Fsp3) is 0.615. The van der Waals surface area contributed by atoms with E-state index in [1.807, 2.05) is 0 Å². The molecule has 114 valence electrons. The summed E-state index contributed by atoms with van der Waals surface area (Å²) in [5.74, 6) is -1.06. The fourth-order valence-electron chi connectivity index (χ4n) is 2.54. The molecule has 0 aliphatic carbocycles. The van der Waals surface area contributed by atoms with Gasteiger partial charge in [0, 0.05) is 50.6 Å². The van der Waals surface area contributed by atoms with E-state index in [-0.39, 0.29) is 0 Å². The van der Waals surface area contributed by atoms with Crippen LogP contribution in [0.2, 0.25) is 0 Å². The lowest BCUT2D eigenvalue weighted by Gasteiger charge is -2.26. The van der Waals surface area contributed by atoms with Crippen LogP contribution in [-0.2, 0) is 22.6 Å². The van der Waals surface area contributed by atoms with Crippen LogP contribution in [0.1, 0.15) is 10.6 Å². The standard InChI is InChI=1S/C13H19N5O2S/c1-17-5-2-9-10(8-17)21-13(15-9)16-11(19)12(20)18-6-3-14-4-7-18/h14H,2-8H2,1H3,(H,15,16,19). The Morgan fingerprint density at radius 3 is 2.81 bits per heavy atom. The highest BCUT2D eigenvalue weighted by molar-refractivity contribution is 7.16. The van der Waals surface area contributed by atoms with Crippen molar-refractivity contribution in [1.82, 2.24) is 20.1 Å². The summed E-state index contributed by atoms with van der Waals surface area (Å²) in [6, 6.07) is 0. The van der Waals surface area contributed by atoms with Crippen LogP contribution in [0.25, 0.3) is 0 Å². The highest BCUT2D eigenvalue weighted by Crippen LogP contribution is 2.27. The number of fused-ring (bicyclic) bond motifs is 1. The molecule has 2 N–H and O–H groups in total. The molecule has 7 nitrogen and oxygen atoms in total. The number of nitrogens with zero attached hydrogens (tertiary/aromatic N) is 3. The second-order valence-electron chi connectivity index (χ2n) is 5.37. The van der Waals surface area contributed by atoms with Gasteiger partial charge in [0.25, 0.3) is 0 Å². The fourth-order valence-corrected chi connectivity index (χ4v) is 3.62. The lowest BCUT2D eigenvalue weighted by Crippen LogP contribution is -2.49. The van der Waals surface area contributed by atoms with Crippen LogP contribution in [-0.4, -0.2) is 66.4 Å². The van der Waals surface area contributed by atoms with Gasteiger partial charge in [-0.1, -0.05) is 0 Å². The molecule has 1 aromatic heterocycles. The number of thiazole rings is 1. The van der Waals surface area contributed by atoms with Crippen molar-refractivity contribution in [2.45, 2.75) is 13.0 Å². The molecule has 0 radical (unpaired) electrons. The summed E-state index contributed by atoms with van der Waals surface area (Å²) in [6.07, 6.45) is 0.893. The van der Waals surface area contributed by atoms with Gasteiger partial charge in [-0.25, -0.2) is 4.98 Å². The first-order chi connectivity index (χ1) is 10.1. The lowest BCUT2D eigenvalue weighted by molar-refractivity contribution is -0.143. The molecular formula is C13H19N5O2S. The number of nitrogens with one attached hydrogen (secondary N) is 2. The molecule has 1 aromatic rings. The molecule has 8 heteroatoms. The van der Waals surface area contributed by atoms with Crippen molar-refractivity contribution in [3.05, 3.63) is 10.6 Å². The maximum atomic E-state index is 12.1. The van der Waals surface area contributed by atoms with Crippen LogP contribution in [0.4, 0.5) is 5.13 Å². The summed E-state index contributed by atoms with van der Waals surface area (Å²) in [7, 11) is 2.06. The predicted octanol–water partition coefficient (Wildman–Crippen LogP) is -0.499. The first-order valence-electron chi connectivity index (χ1n) is 7.11. The molecule has 0 saturated carbocycles. The van der Waals surface area contributed by atoms with Crippen LogP contribution >= 0.6 is 11.3 Å². The van der Waals surface area contributed by atoms with Crippen molar-refractivity contribution in [1.29, 1.82) is 0 Å². The number of hydrogen-bond donors (Lipinski definition) is 2. The van der Waals surface area contributed by atoms with E-state index >= 15 is 0 Å². The molecular weight excluding hydrogens is 290 g/mol. The zero-order valence-corrected chi connectivity index (χ0v) is 12.8. The third-order valence-electron chi connectivity index (χ3n) is 3.74. The van der Waals surface area contributed by atoms with Crippen molar-refractivity contribution in [3.8, 4) is 0 Å². The van der Waals surface area contributed by atoms with E-state index in [1.54, 1.807) is 4.90 Å². The summed E-state index contributed by atoms with van der Waals surface area (Å²) in [6.45, 7) is 4.45. The van der Waals surface area contributed by atoms with E-state index in [9.17, 15) is 9.59 Å². The maximum absolute atomic E-state index is 12.1. The zero-order valence-electron chi connectivity index (χ0n) is 12.0. The number of hydrogen-bond acceptors (Lipinski definition) is 6. The number of rotatable bonds is 1. The van der Waals surface area contributed by atoms with Gasteiger partial charge >= 0.3 is 11.8 Å². The second-order valence-corrected chi connectivity index (χ2v) is 6.46. The Bertz CT molecular complexity index is 553. The molecule has 0 unspecified atom stereocenters. The number of amides is 2. The van der Waals surface area contributed by atoms with E-state index < -0.39 is 11.8 Å². The Morgan fingerprint density at radius 1 is 1.29 bits per heavy atom. The van der Waals surface area contributed by atoms with Gasteiger partial charge in [-0.2, -0.15) is 0 Å². The smallest absolute Gasteiger partial charge is 0.315 e. The van der Waals surface area contributed by atoms with E-state index in [0.29, 0.717) is 18.2 Å². The summed E-state index contributed by atoms with van der Waals surface area (Å²) >= 11 is 1.46. The van der Waals surface area contributed by atoms with Gasteiger partial charge in [-0.3, -0.25) is 14.9 Å². The Labute approximate surface area is 127 Å². The predicted molar refractivity (Wildman–Crippen MR) is 80.2 cm³/mol. The number of carbonyl (C=O) groups is 2. The average molecular weight is 309 g/mol. The van der Waals surface area contributed by atoms with E-state index in [4.69, 9.17) is 0 Å². The molecule has 2 aliphatic heterocycles. The molecule has 1 fully saturated rings. The van der Waals surface area contributed by atoms with Crippen molar-refractivity contribution >= 4 is 28.3 Å². The minimum atomic E-state index is -0.587. The van der Waals surface area contributed by atoms with Crippen LogP contribution in [0, 0.1) is 0 Å². The first kappa shape index (κ1) is 14.4. The number of piperazine rings is 1. The lowest BCUT2D eigenvalue weighted by atomic mass is 10.2. The van der Waals surface area contributed by atoms with Crippen LogP contribution in [0.15, 0.2) is 0 Å². The van der Waals surface area contributed by atoms with Crippen LogP contribution in [0.3, 0.4) is 0 Å². The SMILES string of the molecule is CN1CCc2nc(NC(=O)C(=O)N3CCNCC3)sc2C1. The summed E-state index contributed by atoms with van der Waals surface area (Å²) in [4.78, 5) is 33.5. The molecule has 0 spiro atoms. The monoisotopic (exact) mass is 309 g/mol. The van der Waals surface area contributed by atoms with E-state index in [1.165, 1.54) is 16.2 Å². The first-order valence-corrected chi connectivity index (χ1v) is 7.93. The summed E-state index contributed by atoms with van der Waals surface area (Å²) in [5, 5.41) is 6.34. The van der Waals surface area contributed by atoms with Gasteiger partial charge in [0.2, 0.25) is 0 Å². The minimum Gasteiger partial charge on any atom is -0.332 e. The van der Waals surface area contributed by atoms with E-state index in [0.717, 1.165) is 38.3 Å². The summed E-state index contributed by atoms with van der Waals surface area (Å²) < 4.78 is 0. The van der Waals surface area contributed by atoms with Gasteiger partial charge in [-0.05, 0) is 7.05 Å². The molecule has 0 atom stereocenters. The quantitative estimate of drug-likeness (QED) is 0.684. The maximum Gasteiger partial charge on any atom is 0.315 e. The van der Waals surface area contributed by atoms with Gasteiger partial charge in [0.15, 0.2) is 5.13 Å². The van der Waals surface area contributed by atoms with Crippen molar-refractivity contribution < 1.29 is 9.59 Å². The van der Waals surface area contributed by atoms with Crippen LogP contribution < -0.4 is 10.6 Å². The molecule has 0 aromatic carbocycles. The number of likely N-dealkylation sites (N-methyl/N-ethyl adjacent to an activating group) is 1. The van der Waals surface area contributed by atoms with Crippen molar-refractivity contribution in [2.24, 2.45) is 0 Å². The normalized spacial score (nSPS) is 19.2. The molecule has 2 amide bonds. The number of carbonyl (C=O) groups excluding carboxylic acids is 2. The van der Waals surface area contributed by atoms with Crippen molar-refractivity contribution in [2.75, 3.05) is 45.1 Å². The number of aromatic nitrogens is 1. The third-order valence-corrected chi connectivity index (χ3v) is 4.74. The molecule has 1 saturated heterocycles. The van der Waals surface area contributed by atoms with E-state index in [2.05, 4.69) is 27.6 Å². The third kappa shape index (κ3) is 3.22. The van der Waals surface area contributed by atoms with Gasteiger partial charge in [-0.15, -0.1) is 11.3 Å². The highest BCUT2D eigenvalue weighted by Gasteiger charge is 2.25. The topological polar surface area (TPSA) is 77.6 Å². The van der Waals surface area contributed by atoms with Crippen LogP contribution in [0.5, 0.6) is 0 Å². The van der Waals surface area contributed by atoms with Gasteiger partial charge < -0.3 is 15.1 Å². The second kappa shape index (κ2) is 6.08. The van der Waals surface area contributed by atoms with Crippen molar-refractivity contribution in [3.63, 3.8) is 0 Å². The van der Waals surface area contributed by atoms with Gasteiger partial charge in [0.1, 0.15) is 0 Å². The molecule has 3 heterocycles. The largest absolute Gasteiger partial charge is 0.332 e. The molecule has 2 aliphatic rings. The highest BCUT2D eigenvalue weighted by atomic mass is 32.1. The summed E-state index contributed by atoms with van der Waals surface area (Å²) in [5.41, 5.74) is 1.04. The molecule has 21 heavy (non-hydrogen) atoms. The Kier molecular flexibility index (Phi) is 4.18. The Hall–Kier alpha value is -1.51. The zero-order chi connectivity index (χ0) is 14.8. The molecule has 0 bridgehead atoms. The number of anilines is 1. The Morgan fingerprint density at radius 2 is 2.05 bits per heavy atom. The minimum absolute atomic E-state index is 0.471. The Balaban J connectivity index is 1.63. The van der Waals surface area contributed by atoms with Gasteiger partial charge in [0.05, 0.1) is 5.69 Å².